The van der Waals surface area contributed by atoms with Gasteiger partial charge in [0.05, 0.1) is 17.7 Å². The lowest BCUT2D eigenvalue weighted by Gasteiger charge is -2.12. The Bertz CT molecular complexity index is 633. The number of carbonyl (C=O) groups excluding carboxylic acids is 1. The number of carbonyl (C=O) groups is 3. The second-order valence-corrected chi connectivity index (χ2v) is 5.41. The number of carboxylic acid groups (broad SMARTS) is 2. The largest absolute Gasteiger partial charge is 0.478 e. The molecule has 0 aliphatic heterocycles. The minimum Gasteiger partial charge on any atom is -0.478 e. The molecule has 0 saturated heterocycles. The molecule has 0 saturated carbocycles. The van der Waals surface area contributed by atoms with E-state index in [1.54, 1.807) is 6.92 Å². The van der Waals surface area contributed by atoms with Gasteiger partial charge in [-0.25, -0.2) is 14.4 Å². The third-order valence-corrected chi connectivity index (χ3v) is 3.79. The van der Waals surface area contributed by atoms with Crippen LogP contribution in [0.25, 0.3) is 0 Å². The van der Waals surface area contributed by atoms with Crippen molar-refractivity contribution in [3.8, 4) is 0 Å². The number of ether oxygens (including phenoxy) is 1. The molecule has 1 rings (SSSR count). The van der Waals surface area contributed by atoms with Gasteiger partial charge in [-0.1, -0.05) is 19.4 Å². The summed E-state index contributed by atoms with van der Waals surface area (Å²) >= 11 is 0. The van der Waals surface area contributed by atoms with Gasteiger partial charge in [0.15, 0.2) is 0 Å². The quantitative estimate of drug-likeness (QED) is 0.387. The van der Waals surface area contributed by atoms with Crippen LogP contribution in [0.2, 0.25) is 0 Å². The summed E-state index contributed by atoms with van der Waals surface area (Å²) in [6.07, 6.45) is 4.75. The standard InChI is InChI=1S/C18H22O6/c1-3-16(19)24-11-7-5-4-6-8-13-12(2)14(17(20)21)9-10-15(13)18(22)23/h3,9-10H,1,4-8,11H2,2H3,(H,20,21)(H,22,23). The van der Waals surface area contributed by atoms with Gasteiger partial charge in [-0.05, 0) is 49.4 Å². The number of hydrogen-bond acceptors (Lipinski definition) is 4. The summed E-state index contributed by atoms with van der Waals surface area (Å²) in [5.74, 6) is -2.56. The van der Waals surface area contributed by atoms with Crippen molar-refractivity contribution in [1.82, 2.24) is 0 Å². The Kier molecular flexibility index (Phi) is 7.68. The van der Waals surface area contributed by atoms with Gasteiger partial charge in [0.25, 0.3) is 0 Å². The molecule has 6 heteroatoms. The monoisotopic (exact) mass is 334 g/mol. The molecule has 6 nitrogen and oxygen atoms in total. The van der Waals surface area contributed by atoms with Crippen LogP contribution in [0, 0.1) is 6.92 Å². The molecule has 0 amide bonds. The third-order valence-electron chi connectivity index (χ3n) is 3.79. The molecule has 130 valence electrons. The third kappa shape index (κ3) is 5.53. The fourth-order valence-electron chi connectivity index (χ4n) is 2.50. The second-order valence-electron chi connectivity index (χ2n) is 5.41. The van der Waals surface area contributed by atoms with Crippen molar-refractivity contribution < 1.29 is 29.3 Å². The molecule has 0 spiro atoms. The van der Waals surface area contributed by atoms with Crippen molar-refractivity contribution >= 4 is 17.9 Å². The van der Waals surface area contributed by atoms with Gasteiger partial charge in [-0.15, -0.1) is 0 Å². The SMILES string of the molecule is C=CC(=O)OCCCCCCc1c(C(=O)O)ccc(C(=O)O)c1C. The number of benzene rings is 1. The smallest absolute Gasteiger partial charge is 0.335 e. The Hall–Kier alpha value is -2.63. The molecule has 2 N–H and O–H groups in total. The first-order chi connectivity index (χ1) is 11.4. The zero-order valence-electron chi connectivity index (χ0n) is 13.7. The Morgan fingerprint density at radius 1 is 1.04 bits per heavy atom. The lowest BCUT2D eigenvalue weighted by molar-refractivity contribution is -0.137. The van der Waals surface area contributed by atoms with E-state index in [1.807, 2.05) is 0 Å². The molecule has 0 radical (unpaired) electrons. The molecule has 0 fully saturated rings. The minimum absolute atomic E-state index is 0.131. The van der Waals surface area contributed by atoms with E-state index in [0.717, 1.165) is 31.8 Å². The minimum atomic E-state index is -1.06. The van der Waals surface area contributed by atoms with E-state index < -0.39 is 17.9 Å². The van der Waals surface area contributed by atoms with Gasteiger partial charge in [0.2, 0.25) is 0 Å². The average Bonchev–Trinajstić information content (AvgIpc) is 2.53. The van der Waals surface area contributed by atoms with E-state index in [4.69, 9.17) is 9.84 Å². The first-order valence-electron chi connectivity index (χ1n) is 7.76. The van der Waals surface area contributed by atoms with Crippen LogP contribution < -0.4 is 0 Å². The van der Waals surface area contributed by atoms with Gasteiger partial charge in [0, 0.05) is 6.08 Å². The molecule has 0 heterocycles. The van der Waals surface area contributed by atoms with Crippen molar-refractivity contribution in [1.29, 1.82) is 0 Å². The lowest BCUT2D eigenvalue weighted by Crippen LogP contribution is -2.10. The van der Waals surface area contributed by atoms with Crippen molar-refractivity contribution in [2.75, 3.05) is 6.61 Å². The van der Waals surface area contributed by atoms with E-state index in [1.165, 1.54) is 12.1 Å². The summed E-state index contributed by atoms with van der Waals surface area (Å²) in [4.78, 5) is 33.4. The highest BCUT2D eigenvalue weighted by atomic mass is 16.5. The van der Waals surface area contributed by atoms with Crippen LogP contribution in [0.5, 0.6) is 0 Å². The Balaban J connectivity index is 2.59. The number of unbranched alkanes of at least 4 members (excludes halogenated alkanes) is 3. The Morgan fingerprint density at radius 3 is 2.21 bits per heavy atom. The maximum absolute atomic E-state index is 11.3. The summed E-state index contributed by atoms with van der Waals surface area (Å²) in [6.45, 7) is 5.28. The van der Waals surface area contributed by atoms with Crippen LogP contribution in [-0.2, 0) is 16.0 Å². The summed E-state index contributed by atoms with van der Waals surface area (Å²) in [7, 11) is 0. The maximum Gasteiger partial charge on any atom is 0.335 e. The van der Waals surface area contributed by atoms with Crippen LogP contribution in [0.3, 0.4) is 0 Å². The molecular formula is C18H22O6. The highest BCUT2D eigenvalue weighted by molar-refractivity contribution is 5.94. The van der Waals surface area contributed by atoms with Crippen LogP contribution in [0.4, 0.5) is 0 Å². The molecule has 0 atom stereocenters. The van der Waals surface area contributed by atoms with E-state index in [9.17, 15) is 19.5 Å². The number of carboxylic acids is 2. The molecule has 0 unspecified atom stereocenters. The summed E-state index contributed by atoms with van der Waals surface area (Å²) in [6, 6.07) is 2.68. The molecule has 0 aliphatic carbocycles. The molecular weight excluding hydrogens is 312 g/mol. The molecule has 1 aromatic rings. The van der Waals surface area contributed by atoms with E-state index in [-0.39, 0.29) is 11.1 Å². The van der Waals surface area contributed by atoms with Crippen molar-refractivity contribution in [3.63, 3.8) is 0 Å². The zero-order chi connectivity index (χ0) is 18.1. The van der Waals surface area contributed by atoms with Crippen molar-refractivity contribution in [2.24, 2.45) is 0 Å². The Labute approximate surface area is 140 Å². The van der Waals surface area contributed by atoms with E-state index in [2.05, 4.69) is 6.58 Å². The first kappa shape index (κ1) is 19.4. The van der Waals surface area contributed by atoms with E-state index in [0.29, 0.717) is 24.2 Å². The first-order valence-corrected chi connectivity index (χ1v) is 7.76. The normalized spacial score (nSPS) is 10.2. The van der Waals surface area contributed by atoms with Crippen molar-refractivity contribution in [3.05, 3.63) is 47.0 Å². The number of esters is 1. The summed E-state index contributed by atoms with van der Waals surface area (Å²) in [5, 5.41) is 18.4. The maximum atomic E-state index is 11.3. The molecule has 0 aromatic heterocycles. The Morgan fingerprint density at radius 2 is 1.62 bits per heavy atom. The summed E-state index contributed by atoms with van der Waals surface area (Å²) < 4.78 is 4.87. The van der Waals surface area contributed by atoms with Gasteiger partial charge < -0.3 is 14.9 Å². The van der Waals surface area contributed by atoms with Gasteiger partial charge in [0.1, 0.15) is 0 Å². The van der Waals surface area contributed by atoms with Gasteiger partial charge in [-0.3, -0.25) is 0 Å². The fraction of sp³-hybridized carbons (Fsp3) is 0.389. The molecule has 0 bridgehead atoms. The van der Waals surface area contributed by atoms with Crippen LogP contribution in [-0.4, -0.2) is 34.7 Å². The second kappa shape index (κ2) is 9.50. The molecule has 24 heavy (non-hydrogen) atoms. The average molecular weight is 334 g/mol. The van der Waals surface area contributed by atoms with Crippen LogP contribution >= 0.6 is 0 Å². The predicted octanol–water partition coefficient (Wildman–Crippen LogP) is 3.22. The molecule has 1 aromatic carbocycles. The molecule has 0 aliphatic rings. The number of hydrogen-bond donors (Lipinski definition) is 2. The van der Waals surface area contributed by atoms with Gasteiger partial charge in [-0.2, -0.15) is 0 Å². The van der Waals surface area contributed by atoms with Crippen LogP contribution in [0.15, 0.2) is 24.8 Å². The van der Waals surface area contributed by atoms with Crippen LogP contribution in [0.1, 0.15) is 57.5 Å². The van der Waals surface area contributed by atoms with Gasteiger partial charge >= 0.3 is 17.9 Å². The number of aromatic carboxylic acids is 2. The van der Waals surface area contributed by atoms with Crippen molar-refractivity contribution in [2.45, 2.75) is 39.0 Å². The highest BCUT2D eigenvalue weighted by Gasteiger charge is 2.17. The topological polar surface area (TPSA) is 101 Å². The highest BCUT2D eigenvalue weighted by Crippen LogP contribution is 2.22. The fourth-order valence-corrected chi connectivity index (χ4v) is 2.50. The number of rotatable bonds is 10. The lowest BCUT2D eigenvalue weighted by atomic mass is 9.92. The predicted molar refractivity (Wildman–Crippen MR) is 88.4 cm³/mol. The van der Waals surface area contributed by atoms with E-state index >= 15 is 0 Å². The summed E-state index contributed by atoms with van der Waals surface area (Å²) in [5.41, 5.74) is 1.35. The zero-order valence-corrected chi connectivity index (χ0v) is 13.7.